The summed E-state index contributed by atoms with van der Waals surface area (Å²) in [6, 6.07) is 0. The molecule has 0 aromatic rings. The van der Waals surface area contributed by atoms with Crippen LogP contribution in [0.5, 0.6) is 0 Å². The van der Waals surface area contributed by atoms with Crippen LogP contribution >= 0.6 is 0 Å². The summed E-state index contributed by atoms with van der Waals surface area (Å²) in [6.07, 6.45) is 0. The third-order valence-corrected chi connectivity index (χ3v) is 0. The Morgan fingerprint density at radius 1 is 0.462 bits per heavy atom. The van der Waals surface area contributed by atoms with Crippen LogP contribution in [-0.4, -0.2) is 0 Å². The van der Waals surface area contributed by atoms with Crippen LogP contribution < -0.4 is 0 Å². The van der Waals surface area contributed by atoms with E-state index in [1.807, 2.05) is 0 Å². The molecule has 0 saturated heterocycles. The molecular formula is C5FeN6O-2. The summed E-state index contributed by atoms with van der Waals surface area (Å²) in [5.74, 6) is 0. The van der Waals surface area contributed by atoms with Crippen LogP contribution in [0.3, 0.4) is 0 Å². The molecule has 8 heteroatoms. The third kappa shape index (κ3) is 101. The van der Waals surface area contributed by atoms with Gasteiger partial charge < -0.3 is 59.2 Å². The van der Waals surface area contributed by atoms with E-state index in [1.54, 1.807) is 0 Å². The van der Waals surface area contributed by atoms with E-state index in [9.17, 15) is 0 Å². The van der Waals surface area contributed by atoms with Gasteiger partial charge in [-0.3, -0.25) is 0 Å². The molecule has 0 rings (SSSR count). The summed E-state index contributed by atoms with van der Waals surface area (Å²) in [7, 11) is 0. The normalized spacial score (nSPS) is 0.923. The van der Waals surface area contributed by atoms with Gasteiger partial charge in [-0.25, -0.2) is 0 Å². The van der Waals surface area contributed by atoms with E-state index < -0.39 is 0 Å². The Balaban J connectivity index is -0.00000000655. The van der Waals surface area contributed by atoms with Crippen molar-refractivity contribution >= 4 is 0 Å². The second kappa shape index (κ2) is 129. The Kier molecular flexibility index (Phi) is 741. The number of rotatable bonds is 0. The maximum atomic E-state index is 7.25. The fraction of sp³-hybridized carbons (Fsp3) is 0. The van der Waals surface area contributed by atoms with Crippen molar-refractivity contribution in [1.82, 2.24) is 0 Å². The zero-order valence-electron chi connectivity index (χ0n) is 5.95. The minimum atomic E-state index is 0. The average molecular weight is 216 g/mol. The molecule has 0 N–H and O–H groups in total. The summed E-state index contributed by atoms with van der Waals surface area (Å²) >= 11 is 0. The molecule has 0 aromatic carbocycles. The SMILES string of the molecule is N#[O+].[C-]#N.[C-]#N.[C-]#N.[C-]#N.[C-]#N.[Fe+2]. The van der Waals surface area contributed by atoms with Crippen molar-refractivity contribution in [1.29, 1.82) is 31.8 Å². The summed E-state index contributed by atoms with van der Waals surface area (Å²) in [4.78, 5) is 0. The molecule has 0 radical (unpaired) electrons. The van der Waals surface area contributed by atoms with Gasteiger partial charge in [0.2, 0.25) is 0 Å². The minimum absolute atomic E-state index is 0. The van der Waals surface area contributed by atoms with Gasteiger partial charge in [-0.1, -0.05) is 0 Å². The second-order valence-electron chi connectivity index (χ2n) is 0. The first-order valence-corrected chi connectivity index (χ1v) is 1.30. The molecule has 0 fully saturated rings. The monoisotopic (exact) mass is 216 g/mol. The maximum absolute atomic E-state index is 7.25. The van der Waals surface area contributed by atoms with Crippen molar-refractivity contribution in [3.63, 3.8) is 0 Å². The molecule has 7 nitrogen and oxygen atoms in total. The number of hydrogen-bond donors (Lipinski definition) is 0. The largest absolute Gasteiger partial charge is 2.00 e. The first kappa shape index (κ1) is 74.6. The van der Waals surface area contributed by atoms with Crippen molar-refractivity contribution in [3.8, 4) is 0 Å². The van der Waals surface area contributed by atoms with Crippen LogP contribution in [0, 0.1) is 64.6 Å². The van der Waals surface area contributed by atoms with E-state index in [0.29, 0.717) is 0 Å². The van der Waals surface area contributed by atoms with E-state index >= 15 is 0 Å². The Hall–Kier alpha value is -2.36. The van der Waals surface area contributed by atoms with Gasteiger partial charge in [-0.15, -0.1) is 0 Å². The van der Waals surface area contributed by atoms with Crippen LogP contribution in [-0.2, 0) is 21.8 Å². The second-order valence-corrected chi connectivity index (χ2v) is 0. The molecule has 0 aromatic heterocycles. The van der Waals surface area contributed by atoms with Crippen molar-refractivity contribution < 1.29 is 21.8 Å². The van der Waals surface area contributed by atoms with E-state index in [4.69, 9.17) is 69.4 Å². The van der Waals surface area contributed by atoms with Gasteiger partial charge in [-0.2, -0.15) is 0 Å². The van der Waals surface area contributed by atoms with Crippen LogP contribution in [0.1, 0.15) is 0 Å². The van der Waals surface area contributed by atoms with Gasteiger partial charge in [0, 0.05) is 0 Å². The zero-order chi connectivity index (χ0) is 12.0. The smallest absolute Gasteiger partial charge is 0.512 e. The molecule has 0 unspecified atom stereocenters. The van der Waals surface area contributed by atoms with Crippen LogP contribution in [0.25, 0.3) is 0 Å². The van der Waals surface area contributed by atoms with Gasteiger partial charge >= 0.3 is 27.3 Å². The zero-order valence-corrected chi connectivity index (χ0v) is 7.05. The predicted octanol–water partition coefficient (Wildman–Crippen LogP) is 0.376. The third-order valence-electron chi connectivity index (χ3n) is 0. The topological polar surface area (TPSA) is 163 Å². The van der Waals surface area contributed by atoms with E-state index in [2.05, 4.69) is 0 Å². The van der Waals surface area contributed by atoms with E-state index in [-0.39, 0.29) is 17.1 Å². The number of nitrogens with zero attached hydrogens (tertiary/aromatic N) is 6. The summed E-state index contributed by atoms with van der Waals surface area (Å²) in [6.45, 7) is 23.8. The maximum Gasteiger partial charge on any atom is 2.00 e. The molecule has 13 heavy (non-hydrogen) atoms. The molecule has 0 heterocycles. The van der Waals surface area contributed by atoms with Crippen LogP contribution in [0.2, 0.25) is 0 Å². The van der Waals surface area contributed by atoms with Gasteiger partial charge in [0.1, 0.15) is 0 Å². The first-order chi connectivity index (χ1) is 6.00. The van der Waals surface area contributed by atoms with Gasteiger partial charge in [0.05, 0.1) is 0 Å². The van der Waals surface area contributed by atoms with Gasteiger partial charge in [0.25, 0.3) is 0 Å². The Bertz CT molecular complexity index is 96.0. The molecule has 0 saturated carbocycles. The fourth-order valence-corrected chi connectivity index (χ4v) is 0. The Morgan fingerprint density at radius 3 is 0.462 bits per heavy atom. The summed E-state index contributed by atoms with van der Waals surface area (Å²) < 4.78 is 7.25. The molecule has 66 valence electrons. The van der Waals surface area contributed by atoms with Crippen LogP contribution in [0.15, 0.2) is 0 Å². The molecule has 0 atom stereocenters. The molecule has 0 amide bonds. The summed E-state index contributed by atoms with van der Waals surface area (Å²) in [5, 5.41) is 31.2. The van der Waals surface area contributed by atoms with Gasteiger partial charge in [-0.05, 0) is 0 Å². The predicted molar refractivity (Wildman–Crippen MR) is 27.3 cm³/mol. The van der Waals surface area contributed by atoms with Crippen LogP contribution in [0.4, 0.5) is 0 Å². The molecule has 0 aliphatic heterocycles. The first-order valence-electron chi connectivity index (χ1n) is 1.30. The van der Waals surface area contributed by atoms with Gasteiger partial charge in [0.15, 0.2) is 0 Å². The van der Waals surface area contributed by atoms with Crippen molar-refractivity contribution in [2.75, 3.05) is 0 Å². The Labute approximate surface area is 87.0 Å². The molecule has 0 aliphatic rings. The van der Waals surface area contributed by atoms with Crippen molar-refractivity contribution in [3.05, 3.63) is 32.9 Å². The van der Waals surface area contributed by atoms with E-state index in [1.165, 1.54) is 0 Å². The minimum Gasteiger partial charge on any atom is -0.512 e. The quantitative estimate of drug-likeness (QED) is 0.322. The van der Waals surface area contributed by atoms with Crippen molar-refractivity contribution in [2.45, 2.75) is 0 Å². The average Bonchev–Trinajstić information content (AvgIpc) is 2.33. The number of hydrogen-bond acceptors (Lipinski definition) is 6. The van der Waals surface area contributed by atoms with E-state index in [0.717, 1.165) is 0 Å². The van der Waals surface area contributed by atoms with Crippen molar-refractivity contribution in [2.24, 2.45) is 0 Å². The standard InChI is InChI=1S/5CN.Fe.NO/c5*1-2;;1-2/q5*-1;+2;+1. The Morgan fingerprint density at radius 2 is 0.462 bits per heavy atom. The molecule has 0 spiro atoms. The fourth-order valence-electron chi connectivity index (χ4n) is 0. The molecule has 0 bridgehead atoms. The molecular weight excluding hydrogens is 216 g/mol. The molecule has 0 aliphatic carbocycles. The summed E-state index contributed by atoms with van der Waals surface area (Å²) in [5.41, 5.74) is 5.75.